The monoisotopic (exact) mass is 234 g/mol. The lowest BCUT2D eigenvalue weighted by molar-refractivity contribution is 0.406. The molecule has 1 unspecified atom stereocenters. The fourth-order valence-corrected chi connectivity index (χ4v) is 2.48. The van der Waals surface area contributed by atoms with Gasteiger partial charge in [-0.2, -0.15) is 0 Å². The lowest BCUT2D eigenvalue weighted by Crippen LogP contribution is -2.44. The van der Waals surface area contributed by atoms with Crippen LogP contribution in [0.5, 0.6) is 5.75 Å². The highest BCUT2D eigenvalue weighted by atomic mass is 16.5. The van der Waals surface area contributed by atoms with Crippen LogP contribution < -0.4 is 15.0 Å². The molecule has 1 aliphatic rings. The number of hydrogen-bond donors (Lipinski definition) is 1. The van der Waals surface area contributed by atoms with E-state index in [1.807, 2.05) is 7.05 Å². The Balaban J connectivity index is 2.22. The Kier molecular flexibility index (Phi) is 3.89. The van der Waals surface area contributed by atoms with Gasteiger partial charge in [0.2, 0.25) is 0 Å². The minimum absolute atomic E-state index is 0.592. The summed E-state index contributed by atoms with van der Waals surface area (Å²) in [5.41, 5.74) is 2.51. The Bertz CT molecular complexity index is 378. The maximum Gasteiger partial charge on any atom is 0.142 e. The van der Waals surface area contributed by atoms with E-state index in [2.05, 4.69) is 35.3 Å². The molecular formula is C14H22N2O. The second-order valence-corrected chi connectivity index (χ2v) is 4.75. The van der Waals surface area contributed by atoms with E-state index in [1.54, 1.807) is 7.11 Å². The standard InChI is InChI=1S/C14H22N2O/c1-11-6-7-14(17-3)13(9-11)16-8-4-5-12(10-16)15-2/h6-7,9,12,15H,4-5,8,10H2,1-3H3. The number of hydrogen-bond acceptors (Lipinski definition) is 3. The summed E-state index contributed by atoms with van der Waals surface area (Å²) in [6.07, 6.45) is 2.50. The summed E-state index contributed by atoms with van der Waals surface area (Å²) in [4.78, 5) is 2.43. The third kappa shape index (κ3) is 2.72. The van der Waals surface area contributed by atoms with E-state index in [4.69, 9.17) is 4.74 Å². The second-order valence-electron chi connectivity index (χ2n) is 4.75. The summed E-state index contributed by atoms with van der Waals surface area (Å²) >= 11 is 0. The van der Waals surface area contributed by atoms with Gasteiger partial charge in [0.1, 0.15) is 5.75 Å². The summed E-state index contributed by atoms with van der Waals surface area (Å²) in [6, 6.07) is 6.97. The van der Waals surface area contributed by atoms with Gasteiger partial charge in [0, 0.05) is 19.1 Å². The van der Waals surface area contributed by atoms with Crippen LogP contribution in [0.1, 0.15) is 18.4 Å². The molecule has 0 bridgehead atoms. The SMILES string of the molecule is CNC1CCCN(c2cc(C)ccc2OC)C1. The van der Waals surface area contributed by atoms with Crippen LogP contribution in [-0.2, 0) is 0 Å². The van der Waals surface area contributed by atoms with Gasteiger partial charge in [0.15, 0.2) is 0 Å². The highest BCUT2D eigenvalue weighted by Crippen LogP contribution is 2.31. The van der Waals surface area contributed by atoms with Crippen LogP contribution in [0, 0.1) is 6.92 Å². The van der Waals surface area contributed by atoms with Crippen molar-refractivity contribution in [2.24, 2.45) is 0 Å². The number of anilines is 1. The molecule has 0 amide bonds. The molecule has 1 atom stereocenters. The Labute approximate surface area is 104 Å². The van der Waals surface area contributed by atoms with Crippen molar-refractivity contribution in [3.05, 3.63) is 23.8 Å². The van der Waals surface area contributed by atoms with Crippen LogP contribution in [0.15, 0.2) is 18.2 Å². The van der Waals surface area contributed by atoms with E-state index in [0.717, 1.165) is 18.8 Å². The molecule has 1 aromatic rings. The number of benzene rings is 1. The smallest absolute Gasteiger partial charge is 0.142 e. The van der Waals surface area contributed by atoms with Gasteiger partial charge in [-0.3, -0.25) is 0 Å². The Morgan fingerprint density at radius 3 is 2.94 bits per heavy atom. The van der Waals surface area contributed by atoms with Crippen LogP contribution in [0.25, 0.3) is 0 Å². The molecule has 0 saturated carbocycles. The number of nitrogens with zero attached hydrogens (tertiary/aromatic N) is 1. The van der Waals surface area contributed by atoms with Crippen LogP contribution >= 0.6 is 0 Å². The van der Waals surface area contributed by atoms with E-state index in [1.165, 1.54) is 24.1 Å². The van der Waals surface area contributed by atoms with Gasteiger partial charge in [0.25, 0.3) is 0 Å². The van der Waals surface area contributed by atoms with E-state index >= 15 is 0 Å². The zero-order valence-electron chi connectivity index (χ0n) is 11.0. The summed E-state index contributed by atoms with van der Waals surface area (Å²) in [5, 5.41) is 3.37. The van der Waals surface area contributed by atoms with Gasteiger partial charge in [0.05, 0.1) is 12.8 Å². The molecule has 1 heterocycles. The number of rotatable bonds is 3. The van der Waals surface area contributed by atoms with E-state index < -0.39 is 0 Å². The molecule has 0 radical (unpaired) electrons. The first kappa shape index (κ1) is 12.2. The van der Waals surface area contributed by atoms with Gasteiger partial charge in [-0.25, -0.2) is 0 Å². The average Bonchev–Trinajstić information content (AvgIpc) is 2.39. The number of aryl methyl sites for hydroxylation is 1. The highest BCUT2D eigenvalue weighted by molar-refractivity contribution is 5.60. The first-order valence-electron chi connectivity index (χ1n) is 6.31. The molecule has 3 heteroatoms. The maximum atomic E-state index is 5.46. The van der Waals surface area contributed by atoms with Crippen molar-refractivity contribution in [1.82, 2.24) is 5.32 Å². The zero-order valence-corrected chi connectivity index (χ0v) is 11.0. The Hall–Kier alpha value is -1.22. The van der Waals surface area contributed by atoms with E-state index in [9.17, 15) is 0 Å². The van der Waals surface area contributed by atoms with Gasteiger partial charge in [-0.1, -0.05) is 6.07 Å². The maximum absolute atomic E-state index is 5.46. The van der Waals surface area contributed by atoms with Crippen LogP contribution in [0.4, 0.5) is 5.69 Å². The summed E-state index contributed by atoms with van der Waals surface area (Å²) in [6.45, 7) is 4.32. The predicted molar refractivity (Wildman–Crippen MR) is 72.0 cm³/mol. The number of piperidine rings is 1. The van der Waals surface area contributed by atoms with Crippen LogP contribution in [0.3, 0.4) is 0 Å². The summed E-state index contributed by atoms with van der Waals surface area (Å²) < 4.78 is 5.46. The normalized spacial score (nSPS) is 20.4. The third-order valence-corrected chi connectivity index (χ3v) is 3.50. The molecule has 3 nitrogen and oxygen atoms in total. The van der Waals surface area contributed by atoms with Gasteiger partial charge in [-0.05, 0) is 44.5 Å². The zero-order chi connectivity index (χ0) is 12.3. The van der Waals surface area contributed by atoms with Crippen LogP contribution in [-0.4, -0.2) is 33.3 Å². The second kappa shape index (κ2) is 5.41. The first-order chi connectivity index (χ1) is 8.24. The summed E-state index contributed by atoms with van der Waals surface area (Å²) in [5.74, 6) is 0.979. The van der Waals surface area contributed by atoms with Gasteiger partial charge in [-0.15, -0.1) is 0 Å². The van der Waals surface area contributed by atoms with Gasteiger partial charge < -0.3 is 15.0 Å². The first-order valence-corrected chi connectivity index (χ1v) is 6.31. The van der Waals surface area contributed by atoms with Crippen molar-refractivity contribution in [3.8, 4) is 5.75 Å². The molecule has 1 fully saturated rings. The molecular weight excluding hydrogens is 212 g/mol. The molecule has 94 valence electrons. The minimum Gasteiger partial charge on any atom is -0.495 e. The number of ether oxygens (including phenoxy) is 1. The fourth-order valence-electron chi connectivity index (χ4n) is 2.48. The van der Waals surface area contributed by atoms with Gasteiger partial charge >= 0.3 is 0 Å². The lowest BCUT2D eigenvalue weighted by Gasteiger charge is -2.35. The molecule has 0 spiro atoms. The molecule has 1 aromatic carbocycles. The Morgan fingerprint density at radius 2 is 2.24 bits per heavy atom. The number of likely N-dealkylation sites (N-methyl/N-ethyl adjacent to an activating group) is 1. The minimum atomic E-state index is 0.592. The van der Waals surface area contributed by atoms with Crippen molar-refractivity contribution >= 4 is 5.69 Å². The van der Waals surface area contributed by atoms with Crippen molar-refractivity contribution in [3.63, 3.8) is 0 Å². The number of nitrogens with one attached hydrogen (secondary N) is 1. The molecule has 17 heavy (non-hydrogen) atoms. The molecule has 2 rings (SSSR count). The molecule has 1 aliphatic heterocycles. The molecule has 1 N–H and O–H groups in total. The van der Waals surface area contributed by atoms with Crippen LogP contribution in [0.2, 0.25) is 0 Å². The average molecular weight is 234 g/mol. The van der Waals surface area contributed by atoms with E-state index in [0.29, 0.717) is 6.04 Å². The van der Waals surface area contributed by atoms with Crippen molar-refractivity contribution < 1.29 is 4.74 Å². The molecule has 0 aromatic heterocycles. The Morgan fingerprint density at radius 1 is 1.41 bits per heavy atom. The van der Waals surface area contributed by atoms with Crippen molar-refractivity contribution in [2.45, 2.75) is 25.8 Å². The predicted octanol–water partition coefficient (Wildman–Crippen LogP) is 2.19. The van der Waals surface area contributed by atoms with Crippen molar-refractivity contribution in [1.29, 1.82) is 0 Å². The number of methoxy groups -OCH3 is 1. The van der Waals surface area contributed by atoms with E-state index in [-0.39, 0.29) is 0 Å². The summed E-state index contributed by atoms with van der Waals surface area (Å²) in [7, 11) is 3.79. The largest absolute Gasteiger partial charge is 0.495 e. The lowest BCUT2D eigenvalue weighted by atomic mass is 10.0. The third-order valence-electron chi connectivity index (χ3n) is 3.50. The quantitative estimate of drug-likeness (QED) is 0.867. The highest BCUT2D eigenvalue weighted by Gasteiger charge is 2.20. The fraction of sp³-hybridized carbons (Fsp3) is 0.571. The molecule has 0 aliphatic carbocycles. The van der Waals surface area contributed by atoms with Crippen molar-refractivity contribution in [2.75, 3.05) is 32.1 Å². The molecule has 1 saturated heterocycles. The topological polar surface area (TPSA) is 24.5 Å².